The van der Waals surface area contributed by atoms with Crippen molar-refractivity contribution in [2.45, 2.75) is 324 Å². The molecule has 2 aliphatic rings. The van der Waals surface area contributed by atoms with E-state index >= 15 is 0 Å². The van der Waals surface area contributed by atoms with Crippen LogP contribution in [0.4, 0.5) is 0 Å². The van der Waals surface area contributed by atoms with Gasteiger partial charge in [0.1, 0.15) is 73.2 Å². The van der Waals surface area contributed by atoms with Crippen molar-refractivity contribution in [2.75, 3.05) is 13.2 Å². The standard InChI is InChI=1S/C54H106NO18P/c1-3-5-7-9-11-13-15-17-18-19-20-21-22-23-24-26-28-30-32-34-36-41(58)53(67)55-39(43(59)40(57)35-33-31-29-27-25-16-14-12-10-8-6-4-2)38-70-74(68,69)73-52-49(65)47(63)46(62)48(64)51(52)72-54-50(66)45(61)44(60)42(37-56)71-54/h39-52,54,56-66H,3-38H2,1-2H3,(H,55,67)(H,68,69)/t39-,40+,41-,42+,43-,44+,45-,46+,47+,48-,49+,50-,51+,52+,54-/m0/s1. The van der Waals surface area contributed by atoms with Crippen LogP contribution in [0.1, 0.15) is 232 Å². The summed E-state index contributed by atoms with van der Waals surface area (Å²) >= 11 is 0. The number of rotatable bonds is 46. The highest BCUT2D eigenvalue weighted by atomic mass is 31.2. The van der Waals surface area contributed by atoms with E-state index in [2.05, 4.69) is 19.2 Å². The Bertz CT molecular complexity index is 1420. The van der Waals surface area contributed by atoms with Gasteiger partial charge in [-0.05, 0) is 12.8 Å². The zero-order chi connectivity index (χ0) is 54.7. The highest BCUT2D eigenvalue weighted by Crippen LogP contribution is 2.48. The first kappa shape index (κ1) is 69.2. The van der Waals surface area contributed by atoms with Crippen LogP contribution in [0, 0.1) is 0 Å². The maximum atomic E-state index is 13.6. The van der Waals surface area contributed by atoms with Crippen LogP contribution in [0.25, 0.3) is 0 Å². The molecule has 1 saturated heterocycles. The van der Waals surface area contributed by atoms with E-state index in [0.29, 0.717) is 12.8 Å². The monoisotopic (exact) mass is 1090 g/mol. The van der Waals surface area contributed by atoms with Crippen LogP contribution in [0.3, 0.4) is 0 Å². The van der Waals surface area contributed by atoms with Crippen molar-refractivity contribution in [1.82, 2.24) is 5.32 Å². The zero-order valence-electron chi connectivity index (χ0n) is 45.4. The number of unbranched alkanes of at least 4 members (excludes halogenated alkanes) is 30. The van der Waals surface area contributed by atoms with E-state index in [1.807, 2.05) is 0 Å². The van der Waals surface area contributed by atoms with Crippen molar-refractivity contribution in [2.24, 2.45) is 0 Å². The minimum Gasteiger partial charge on any atom is -0.394 e. The van der Waals surface area contributed by atoms with Crippen molar-refractivity contribution in [3.8, 4) is 0 Å². The average Bonchev–Trinajstić information content (AvgIpc) is 3.38. The van der Waals surface area contributed by atoms with Crippen molar-refractivity contribution < 1.29 is 88.9 Å². The van der Waals surface area contributed by atoms with Crippen LogP contribution in [0.15, 0.2) is 0 Å². The SMILES string of the molecule is CCCCCCCCCCCCCCCCCCCCCC[C@H](O)C(=O)N[C@@H](COP(=O)(O)O[C@@H]1[C@H](O)[C@H](O)[C@@H](O)[C@H](O)[C@H]1O[C@@H]1O[C@H](CO)[C@@H](O)[C@H](O)[C@@H]1O)[C@H](O)[C@H](O)CCCCCCCCCCCCCC. The molecular formula is C54H106NO18P. The van der Waals surface area contributed by atoms with Crippen molar-refractivity contribution in [1.29, 1.82) is 0 Å². The molecule has 0 aromatic heterocycles. The summed E-state index contributed by atoms with van der Waals surface area (Å²) in [5.74, 6) is -0.919. The molecule has 0 spiro atoms. The topological polar surface area (TPSA) is 326 Å². The minimum atomic E-state index is -5.49. The summed E-state index contributed by atoms with van der Waals surface area (Å²) in [7, 11) is -5.49. The number of aliphatic hydroxyl groups is 11. The summed E-state index contributed by atoms with van der Waals surface area (Å²) in [6, 6.07) is -1.58. The zero-order valence-corrected chi connectivity index (χ0v) is 46.3. The molecule has 74 heavy (non-hydrogen) atoms. The first-order valence-corrected chi connectivity index (χ1v) is 30.7. The molecule has 440 valence electrons. The summed E-state index contributed by atoms with van der Waals surface area (Å²) < 4.78 is 34.8. The number of carbonyl (C=O) groups is 1. The van der Waals surface area contributed by atoms with Gasteiger partial charge < -0.3 is 75.9 Å². The van der Waals surface area contributed by atoms with Gasteiger partial charge in [0.2, 0.25) is 5.91 Å². The molecule has 2 fully saturated rings. The molecule has 0 bridgehead atoms. The van der Waals surface area contributed by atoms with Crippen LogP contribution in [0.2, 0.25) is 0 Å². The van der Waals surface area contributed by atoms with Crippen molar-refractivity contribution in [3.05, 3.63) is 0 Å². The molecule has 1 aliphatic carbocycles. The third-order valence-corrected chi connectivity index (χ3v) is 16.0. The number of ether oxygens (including phenoxy) is 2. The highest BCUT2D eigenvalue weighted by Gasteiger charge is 2.55. The Morgan fingerprint density at radius 3 is 1.28 bits per heavy atom. The van der Waals surface area contributed by atoms with Crippen LogP contribution >= 0.6 is 7.82 Å². The van der Waals surface area contributed by atoms with Crippen LogP contribution in [0.5, 0.6) is 0 Å². The molecule has 0 aromatic carbocycles. The lowest BCUT2D eigenvalue weighted by atomic mass is 9.84. The van der Waals surface area contributed by atoms with Gasteiger partial charge >= 0.3 is 7.82 Å². The Kier molecular flexibility index (Phi) is 38.4. The molecule has 1 saturated carbocycles. The van der Waals surface area contributed by atoms with E-state index in [1.165, 1.54) is 135 Å². The van der Waals surface area contributed by atoms with E-state index in [0.717, 1.165) is 57.8 Å². The fraction of sp³-hybridized carbons (Fsp3) is 0.981. The maximum absolute atomic E-state index is 13.6. The van der Waals surface area contributed by atoms with Crippen LogP contribution in [-0.2, 0) is 27.9 Å². The molecular weight excluding hydrogens is 982 g/mol. The normalized spacial score (nSPS) is 27.9. The third kappa shape index (κ3) is 27.8. The number of nitrogens with one attached hydrogen (secondary N) is 1. The second-order valence-electron chi connectivity index (χ2n) is 21.5. The molecule has 13 N–H and O–H groups in total. The molecule has 0 radical (unpaired) electrons. The van der Waals surface area contributed by atoms with E-state index in [4.69, 9.17) is 18.5 Å². The number of aliphatic hydroxyl groups excluding tert-OH is 11. The van der Waals surface area contributed by atoms with Crippen molar-refractivity contribution >= 4 is 13.7 Å². The summed E-state index contributed by atoms with van der Waals surface area (Å²) in [6.07, 6.45) is 10.3. The van der Waals surface area contributed by atoms with Gasteiger partial charge in [-0.25, -0.2) is 4.57 Å². The lowest BCUT2D eigenvalue weighted by molar-refractivity contribution is -0.338. The predicted octanol–water partition coefficient (Wildman–Crippen LogP) is 6.00. The van der Waals surface area contributed by atoms with Gasteiger partial charge in [0.05, 0.1) is 25.4 Å². The third-order valence-electron chi connectivity index (χ3n) is 15.0. The summed E-state index contributed by atoms with van der Waals surface area (Å²) in [6.45, 7) is 2.59. The van der Waals surface area contributed by atoms with E-state index in [-0.39, 0.29) is 12.8 Å². The molecule has 2 rings (SSSR count). The quantitative estimate of drug-likeness (QED) is 0.0245. The lowest BCUT2D eigenvalue weighted by Gasteiger charge is -2.47. The lowest BCUT2D eigenvalue weighted by Crippen LogP contribution is -2.67. The number of phosphoric ester groups is 1. The van der Waals surface area contributed by atoms with Gasteiger partial charge in [0.25, 0.3) is 0 Å². The second kappa shape index (κ2) is 41.1. The second-order valence-corrected chi connectivity index (χ2v) is 22.9. The van der Waals surface area contributed by atoms with Gasteiger partial charge in [-0.1, -0.05) is 219 Å². The Hall–Kier alpha value is -0.940. The summed E-state index contributed by atoms with van der Waals surface area (Å²) in [5.41, 5.74) is 0. The summed E-state index contributed by atoms with van der Waals surface area (Å²) in [4.78, 5) is 24.3. The molecule has 0 aromatic rings. The molecule has 16 atom stereocenters. The molecule has 20 heteroatoms. The van der Waals surface area contributed by atoms with Gasteiger partial charge in [0.15, 0.2) is 6.29 Å². The number of hydrogen-bond donors (Lipinski definition) is 13. The van der Waals surface area contributed by atoms with E-state index in [9.17, 15) is 70.4 Å². The fourth-order valence-corrected chi connectivity index (χ4v) is 11.0. The number of phosphoric acid groups is 1. The average molecular weight is 1090 g/mol. The number of amides is 1. The minimum absolute atomic E-state index is 0.101. The van der Waals surface area contributed by atoms with Gasteiger partial charge in [-0.3, -0.25) is 13.8 Å². The molecule has 1 unspecified atom stereocenters. The van der Waals surface area contributed by atoms with Gasteiger partial charge in [0, 0.05) is 0 Å². The molecule has 19 nitrogen and oxygen atoms in total. The fourth-order valence-electron chi connectivity index (χ4n) is 10.0. The maximum Gasteiger partial charge on any atom is 0.472 e. The smallest absolute Gasteiger partial charge is 0.394 e. The van der Waals surface area contributed by atoms with Crippen LogP contribution < -0.4 is 5.32 Å². The Morgan fingerprint density at radius 2 is 0.878 bits per heavy atom. The highest BCUT2D eigenvalue weighted by molar-refractivity contribution is 7.47. The van der Waals surface area contributed by atoms with Crippen molar-refractivity contribution in [3.63, 3.8) is 0 Å². The predicted molar refractivity (Wildman–Crippen MR) is 282 cm³/mol. The van der Waals surface area contributed by atoms with Crippen LogP contribution in [-0.4, -0.2) is 172 Å². The largest absolute Gasteiger partial charge is 0.472 e. The van der Waals surface area contributed by atoms with E-state index in [1.54, 1.807) is 0 Å². The molecule has 1 heterocycles. The van der Waals surface area contributed by atoms with Gasteiger partial charge in [-0.15, -0.1) is 0 Å². The van der Waals surface area contributed by atoms with E-state index < -0.39 is 119 Å². The first-order chi connectivity index (χ1) is 35.5. The molecule has 1 aliphatic heterocycles. The molecule has 1 amide bonds. The number of carbonyl (C=O) groups excluding carboxylic acids is 1. The Morgan fingerprint density at radius 1 is 0.514 bits per heavy atom. The first-order valence-electron chi connectivity index (χ1n) is 29.2. The summed E-state index contributed by atoms with van der Waals surface area (Å²) in [5, 5.41) is 119. The Balaban J connectivity index is 1.93. The van der Waals surface area contributed by atoms with Gasteiger partial charge in [-0.2, -0.15) is 0 Å². The Labute approximate surface area is 443 Å². The number of hydrogen-bond acceptors (Lipinski definition) is 17.